The zero-order valence-corrected chi connectivity index (χ0v) is 22.9. The van der Waals surface area contributed by atoms with Crippen molar-refractivity contribution >= 4 is 10.9 Å². The fraction of sp³-hybridized carbons (Fsp3) is 0.452. The third-order valence-electron chi connectivity index (χ3n) is 8.64. The molecule has 38 heavy (non-hydrogen) atoms. The molecule has 3 aliphatic heterocycles. The largest absolute Gasteiger partial charge is 0.497 e. The number of aliphatic hydroxyl groups excluding tert-OH is 1. The van der Waals surface area contributed by atoms with Crippen LogP contribution >= 0.6 is 0 Å². The van der Waals surface area contributed by atoms with Crippen molar-refractivity contribution in [3.8, 4) is 23.0 Å². The Labute approximate surface area is 225 Å². The molecule has 4 unspecified atom stereocenters. The number of fused-ring (bicyclic) bond motifs is 4. The highest BCUT2D eigenvalue weighted by Gasteiger charge is 2.54. The molecule has 6 rings (SSSR count). The molecule has 0 saturated carbocycles. The summed E-state index contributed by atoms with van der Waals surface area (Å²) in [5.41, 5.74) is 2.87. The summed E-state index contributed by atoms with van der Waals surface area (Å²) in [4.78, 5) is 4.54. The maximum absolute atomic E-state index is 12.1. The van der Waals surface area contributed by atoms with Crippen molar-refractivity contribution in [2.75, 3.05) is 41.0 Å². The molecule has 1 aromatic heterocycles. The molecule has 202 valence electrons. The third kappa shape index (κ3) is 4.58. The van der Waals surface area contributed by atoms with Gasteiger partial charge < -0.3 is 28.5 Å². The van der Waals surface area contributed by atoms with E-state index < -0.39 is 6.10 Å². The van der Waals surface area contributed by atoms with E-state index in [9.17, 15) is 5.11 Å². The number of methoxy groups -OCH3 is 3. The minimum Gasteiger partial charge on any atom is -0.497 e. The average molecular weight is 520 g/mol. The lowest BCUT2D eigenvalue weighted by molar-refractivity contribution is -0.984. The zero-order valence-electron chi connectivity index (χ0n) is 22.9. The van der Waals surface area contributed by atoms with E-state index in [0.29, 0.717) is 35.7 Å². The summed E-state index contributed by atoms with van der Waals surface area (Å²) < 4.78 is 23.5. The van der Waals surface area contributed by atoms with Gasteiger partial charge in [-0.1, -0.05) is 6.08 Å². The first-order chi connectivity index (χ1) is 18.5. The van der Waals surface area contributed by atoms with Gasteiger partial charge >= 0.3 is 0 Å². The summed E-state index contributed by atoms with van der Waals surface area (Å²) in [5, 5.41) is 13.0. The van der Waals surface area contributed by atoms with Crippen molar-refractivity contribution in [1.29, 1.82) is 0 Å². The Morgan fingerprint density at radius 2 is 1.92 bits per heavy atom. The Morgan fingerprint density at radius 3 is 2.63 bits per heavy atom. The van der Waals surface area contributed by atoms with E-state index in [2.05, 4.69) is 23.7 Å². The van der Waals surface area contributed by atoms with Gasteiger partial charge in [-0.05, 0) is 54.8 Å². The molecule has 1 N–H and O–H groups in total. The first-order valence-corrected chi connectivity index (χ1v) is 13.4. The predicted molar refractivity (Wildman–Crippen MR) is 148 cm³/mol. The quantitative estimate of drug-likeness (QED) is 0.289. The second-order valence-corrected chi connectivity index (χ2v) is 10.5. The zero-order chi connectivity index (χ0) is 26.9. The predicted octanol–water partition coefficient (Wildman–Crippen LogP) is 5.30. The summed E-state index contributed by atoms with van der Waals surface area (Å²) in [6.45, 7) is 9.36. The molecule has 2 bridgehead atoms. The van der Waals surface area contributed by atoms with Crippen LogP contribution in [0.3, 0.4) is 0 Å². The lowest BCUT2D eigenvalue weighted by Gasteiger charge is -2.58. The fourth-order valence-electron chi connectivity index (χ4n) is 6.82. The van der Waals surface area contributed by atoms with Gasteiger partial charge in [0.25, 0.3) is 0 Å². The van der Waals surface area contributed by atoms with Crippen molar-refractivity contribution in [2.24, 2.45) is 11.8 Å². The van der Waals surface area contributed by atoms with Crippen LogP contribution in [0.25, 0.3) is 10.9 Å². The van der Waals surface area contributed by atoms with E-state index in [1.807, 2.05) is 37.3 Å². The molecule has 7 nitrogen and oxygen atoms in total. The molecular formula is C31H39N2O5+. The highest BCUT2D eigenvalue weighted by Crippen LogP contribution is 2.49. The molecule has 0 spiro atoms. The second kappa shape index (κ2) is 10.8. The third-order valence-corrected chi connectivity index (χ3v) is 8.64. The highest BCUT2D eigenvalue weighted by atomic mass is 16.5. The molecule has 3 aliphatic rings. The van der Waals surface area contributed by atoms with Gasteiger partial charge in [-0.3, -0.25) is 4.98 Å². The van der Waals surface area contributed by atoms with Crippen LogP contribution in [0.15, 0.2) is 55.3 Å². The molecule has 4 heterocycles. The number of benzene rings is 2. The molecule has 3 fully saturated rings. The minimum absolute atomic E-state index is 0.0328. The molecule has 7 heteroatoms. The Morgan fingerprint density at radius 1 is 1.11 bits per heavy atom. The molecule has 2 aromatic carbocycles. The lowest BCUT2D eigenvalue weighted by Crippen LogP contribution is -2.67. The molecular weight excluding hydrogens is 480 g/mol. The van der Waals surface area contributed by atoms with Crippen LogP contribution in [0.2, 0.25) is 0 Å². The van der Waals surface area contributed by atoms with Gasteiger partial charge in [0.05, 0.1) is 46.5 Å². The highest BCUT2D eigenvalue weighted by molar-refractivity contribution is 5.83. The van der Waals surface area contributed by atoms with Gasteiger partial charge in [-0.15, -0.1) is 6.58 Å². The number of ether oxygens (including phenoxy) is 4. The van der Waals surface area contributed by atoms with Crippen LogP contribution in [0.4, 0.5) is 0 Å². The first kappa shape index (κ1) is 26.3. The van der Waals surface area contributed by atoms with Gasteiger partial charge in [-0.2, -0.15) is 0 Å². The Bertz CT molecular complexity index is 1310. The monoisotopic (exact) mass is 519 g/mol. The lowest BCUT2D eigenvalue weighted by atomic mass is 9.71. The van der Waals surface area contributed by atoms with Crippen molar-refractivity contribution in [3.05, 3.63) is 66.4 Å². The number of pyridine rings is 1. The summed E-state index contributed by atoms with van der Waals surface area (Å²) >= 11 is 0. The van der Waals surface area contributed by atoms with Crippen molar-refractivity contribution in [1.82, 2.24) is 4.98 Å². The van der Waals surface area contributed by atoms with Crippen molar-refractivity contribution in [3.63, 3.8) is 0 Å². The number of piperidine rings is 3. The Kier molecular flexibility index (Phi) is 7.50. The van der Waals surface area contributed by atoms with Crippen LogP contribution in [0, 0.1) is 11.8 Å². The Hall–Kier alpha value is -3.29. The Balaban J connectivity index is 1.57. The molecule has 3 saturated heterocycles. The number of quaternary nitrogens is 1. The van der Waals surface area contributed by atoms with Crippen molar-refractivity contribution in [2.45, 2.75) is 38.5 Å². The number of hydrogen-bond donors (Lipinski definition) is 1. The normalized spacial score (nSPS) is 25.1. The number of aromatic nitrogens is 1. The minimum atomic E-state index is -0.646. The van der Waals surface area contributed by atoms with Gasteiger partial charge in [-0.25, -0.2) is 0 Å². The van der Waals surface area contributed by atoms with Crippen LogP contribution in [0.5, 0.6) is 23.0 Å². The standard InChI is InChI=1S/C31H39N2O5/c1-6-21-19-33(18-20-14-28(36-4)31(37-5)29(15-20)38-7-2)13-11-22(21)16-27(33)30(34)24-10-12-32-26-9-8-23(35-3)17-25(24)26/h6,8-10,12,14-15,17,21-22,27,30,34H,1,7,11,13,16,18-19H2,2-5H3/q+1/t21?,22?,27?,30-,33?/m1/s1. The number of rotatable bonds is 10. The molecule has 0 amide bonds. The van der Waals surface area contributed by atoms with Gasteiger partial charge in [0.1, 0.15) is 24.4 Å². The fourth-order valence-corrected chi connectivity index (χ4v) is 6.82. The molecule has 3 aromatic rings. The maximum Gasteiger partial charge on any atom is 0.203 e. The number of hydrogen-bond acceptors (Lipinski definition) is 6. The maximum atomic E-state index is 12.1. The van der Waals surface area contributed by atoms with Crippen LogP contribution < -0.4 is 18.9 Å². The van der Waals surface area contributed by atoms with Crippen LogP contribution in [-0.2, 0) is 6.54 Å². The van der Waals surface area contributed by atoms with Gasteiger partial charge in [0, 0.05) is 35.9 Å². The SMILES string of the molecule is C=CC1C[N+]2(Cc3cc(OC)c(OC)c(OCC)c3)CCC1CC2[C@H](O)c1ccnc2ccc(OC)cc12. The molecule has 0 radical (unpaired) electrons. The van der Waals surface area contributed by atoms with Crippen LogP contribution in [-0.4, -0.2) is 61.6 Å². The van der Waals surface area contributed by atoms with E-state index in [1.165, 1.54) is 0 Å². The smallest absolute Gasteiger partial charge is 0.203 e. The van der Waals surface area contributed by atoms with E-state index in [1.54, 1.807) is 27.5 Å². The summed E-state index contributed by atoms with van der Waals surface area (Å²) in [5.74, 6) is 3.65. The van der Waals surface area contributed by atoms with Crippen molar-refractivity contribution < 1.29 is 28.5 Å². The topological polar surface area (TPSA) is 70.0 Å². The first-order valence-electron chi connectivity index (χ1n) is 13.4. The van der Waals surface area contributed by atoms with Gasteiger partial charge in [0.2, 0.25) is 5.75 Å². The molecule has 0 aliphatic carbocycles. The van der Waals surface area contributed by atoms with Gasteiger partial charge in [0.15, 0.2) is 11.5 Å². The second-order valence-electron chi connectivity index (χ2n) is 10.5. The van der Waals surface area contributed by atoms with E-state index >= 15 is 0 Å². The van der Waals surface area contributed by atoms with E-state index in [-0.39, 0.29) is 6.04 Å². The summed E-state index contributed by atoms with van der Waals surface area (Å²) in [7, 11) is 4.94. The number of nitrogens with zero attached hydrogens (tertiary/aromatic N) is 2. The van der Waals surface area contributed by atoms with E-state index in [4.69, 9.17) is 18.9 Å². The van der Waals surface area contributed by atoms with Crippen LogP contribution in [0.1, 0.15) is 37.0 Å². The molecule has 5 atom stereocenters. The number of aliphatic hydroxyl groups is 1. The summed E-state index contributed by atoms with van der Waals surface area (Å²) in [6, 6.07) is 12.0. The van der Waals surface area contributed by atoms with E-state index in [0.717, 1.165) is 64.7 Å². The summed E-state index contributed by atoms with van der Waals surface area (Å²) in [6.07, 6.45) is 5.33. The average Bonchev–Trinajstić information content (AvgIpc) is 2.95.